The van der Waals surface area contributed by atoms with Crippen LogP contribution in [0.1, 0.15) is 31.7 Å². The molecule has 1 aromatic heterocycles. The van der Waals surface area contributed by atoms with Gasteiger partial charge in [-0.3, -0.25) is 9.48 Å². The van der Waals surface area contributed by atoms with Gasteiger partial charge >= 0.3 is 5.97 Å². The summed E-state index contributed by atoms with van der Waals surface area (Å²) in [6.45, 7) is 6.71. The lowest BCUT2D eigenvalue weighted by molar-refractivity contribution is -0.136. The highest BCUT2D eigenvalue weighted by Crippen LogP contribution is 2.21. The van der Waals surface area contributed by atoms with Crippen LogP contribution in [0.4, 0.5) is 0 Å². The maximum absolute atomic E-state index is 10.9. The molecule has 90 valence electrons. The molecule has 16 heavy (non-hydrogen) atoms. The predicted octanol–water partition coefficient (Wildman–Crippen LogP) is 2.31. The lowest BCUT2D eigenvalue weighted by Crippen LogP contribution is -2.15. The van der Waals surface area contributed by atoms with Gasteiger partial charge in [0.1, 0.15) is 5.25 Å². The fraction of sp³-hybridized carbons (Fsp3) is 0.636. The summed E-state index contributed by atoms with van der Waals surface area (Å²) in [7, 11) is 0. The van der Waals surface area contributed by atoms with E-state index >= 15 is 0 Å². The molecule has 0 aliphatic carbocycles. The summed E-state index contributed by atoms with van der Waals surface area (Å²) in [6.07, 6.45) is 0.652. The first kappa shape index (κ1) is 13.1. The molecule has 1 atom stereocenters. The van der Waals surface area contributed by atoms with Gasteiger partial charge in [0.2, 0.25) is 0 Å². The molecule has 1 unspecified atom stereocenters. The second-order valence-electron chi connectivity index (χ2n) is 3.64. The Hall–Kier alpha value is -0.970. The summed E-state index contributed by atoms with van der Waals surface area (Å²) in [5.74, 6) is -0.0220. The zero-order valence-electron chi connectivity index (χ0n) is 9.93. The Morgan fingerprint density at radius 1 is 1.62 bits per heavy atom. The molecule has 4 nitrogen and oxygen atoms in total. The number of rotatable bonds is 6. The monoisotopic (exact) mass is 242 g/mol. The molecule has 0 aliphatic heterocycles. The van der Waals surface area contributed by atoms with Crippen LogP contribution in [0.5, 0.6) is 0 Å². The number of hydrogen-bond donors (Lipinski definition) is 1. The van der Waals surface area contributed by atoms with Gasteiger partial charge in [0.25, 0.3) is 0 Å². The van der Waals surface area contributed by atoms with Crippen LogP contribution in [-0.2, 0) is 17.1 Å². The highest BCUT2D eigenvalue weighted by molar-refractivity contribution is 7.99. The maximum atomic E-state index is 10.9. The molecule has 0 amide bonds. The highest BCUT2D eigenvalue weighted by atomic mass is 32.2. The van der Waals surface area contributed by atoms with E-state index < -0.39 is 5.97 Å². The molecule has 5 heteroatoms. The fourth-order valence-corrected chi connectivity index (χ4v) is 2.52. The summed E-state index contributed by atoms with van der Waals surface area (Å²) >= 11 is 1.47. The summed E-state index contributed by atoms with van der Waals surface area (Å²) in [5.41, 5.74) is 2.09. The first-order valence-corrected chi connectivity index (χ1v) is 6.51. The summed E-state index contributed by atoms with van der Waals surface area (Å²) in [4.78, 5) is 10.9. The van der Waals surface area contributed by atoms with Crippen LogP contribution in [-0.4, -0.2) is 26.1 Å². The van der Waals surface area contributed by atoms with Crippen molar-refractivity contribution >= 4 is 17.7 Å². The topological polar surface area (TPSA) is 55.1 Å². The Morgan fingerprint density at radius 2 is 2.31 bits per heavy atom. The van der Waals surface area contributed by atoms with E-state index in [1.807, 2.05) is 31.5 Å². The Morgan fingerprint density at radius 3 is 2.81 bits per heavy atom. The molecule has 0 saturated carbocycles. The van der Waals surface area contributed by atoms with E-state index in [-0.39, 0.29) is 5.25 Å². The van der Waals surface area contributed by atoms with Crippen molar-refractivity contribution < 1.29 is 9.90 Å². The van der Waals surface area contributed by atoms with Crippen molar-refractivity contribution in [3.63, 3.8) is 0 Å². The van der Waals surface area contributed by atoms with Crippen molar-refractivity contribution in [3.05, 3.63) is 17.5 Å². The standard InChI is InChI=1S/C11H18N2O2S/c1-4-10(11(14)15)16-7-9-6-8(3)12-13(9)5-2/h6,10H,4-5,7H2,1-3H3,(H,14,15). The highest BCUT2D eigenvalue weighted by Gasteiger charge is 2.16. The van der Waals surface area contributed by atoms with E-state index in [0.29, 0.717) is 12.2 Å². The van der Waals surface area contributed by atoms with Crippen LogP contribution in [0, 0.1) is 6.92 Å². The van der Waals surface area contributed by atoms with E-state index in [1.165, 1.54) is 11.8 Å². The number of carbonyl (C=O) groups is 1. The molecule has 0 saturated heterocycles. The Bertz CT molecular complexity index is 363. The third-order valence-corrected chi connectivity index (χ3v) is 3.76. The normalized spacial score (nSPS) is 12.7. The molecule has 0 spiro atoms. The molecule has 1 heterocycles. The van der Waals surface area contributed by atoms with E-state index in [4.69, 9.17) is 5.11 Å². The Balaban J connectivity index is 2.62. The largest absolute Gasteiger partial charge is 0.480 e. The van der Waals surface area contributed by atoms with Gasteiger partial charge in [-0.1, -0.05) is 6.92 Å². The van der Waals surface area contributed by atoms with Crippen LogP contribution < -0.4 is 0 Å². The second-order valence-corrected chi connectivity index (χ2v) is 4.83. The third-order valence-electron chi connectivity index (χ3n) is 2.36. The number of aryl methyl sites for hydroxylation is 2. The van der Waals surface area contributed by atoms with Gasteiger partial charge in [-0.15, -0.1) is 11.8 Å². The number of nitrogens with zero attached hydrogens (tertiary/aromatic N) is 2. The average molecular weight is 242 g/mol. The van der Waals surface area contributed by atoms with Gasteiger partial charge < -0.3 is 5.11 Å². The van der Waals surface area contributed by atoms with E-state index in [9.17, 15) is 4.79 Å². The molecule has 0 radical (unpaired) electrons. The van der Waals surface area contributed by atoms with Crippen LogP contribution >= 0.6 is 11.8 Å². The minimum atomic E-state index is -0.730. The summed E-state index contributed by atoms with van der Waals surface area (Å²) < 4.78 is 1.93. The fourth-order valence-electron chi connectivity index (χ4n) is 1.54. The number of carboxylic acids is 1. The zero-order valence-corrected chi connectivity index (χ0v) is 10.8. The molecule has 1 rings (SSSR count). The maximum Gasteiger partial charge on any atom is 0.316 e. The predicted molar refractivity (Wildman–Crippen MR) is 65.6 cm³/mol. The van der Waals surface area contributed by atoms with Crippen LogP contribution in [0.2, 0.25) is 0 Å². The third kappa shape index (κ3) is 3.27. The minimum absolute atomic E-state index is 0.319. The van der Waals surface area contributed by atoms with E-state index in [2.05, 4.69) is 5.10 Å². The number of carboxylic acid groups (broad SMARTS) is 1. The Labute approximate surface area is 100 Å². The average Bonchev–Trinajstić information content (AvgIpc) is 2.59. The van der Waals surface area contributed by atoms with Crippen molar-refractivity contribution in [2.45, 2.75) is 44.7 Å². The second kappa shape index (κ2) is 5.94. The quantitative estimate of drug-likeness (QED) is 0.831. The van der Waals surface area contributed by atoms with Gasteiger partial charge in [0.05, 0.1) is 5.69 Å². The van der Waals surface area contributed by atoms with Crippen LogP contribution in [0.25, 0.3) is 0 Å². The number of aliphatic carboxylic acids is 1. The molecule has 0 aliphatic rings. The lowest BCUT2D eigenvalue weighted by Gasteiger charge is -2.09. The van der Waals surface area contributed by atoms with Crippen molar-refractivity contribution in [2.75, 3.05) is 0 Å². The molecular weight excluding hydrogens is 224 g/mol. The van der Waals surface area contributed by atoms with Crippen LogP contribution in [0.15, 0.2) is 6.07 Å². The summed E-state index contributed by atoms with van der Waals surface area (Å²) in [6, 6.07) is 2.02. The minimum Gasteiger partial charge on any atom is -0.480 e. The molecule has 0 bridgehead atoms. The Kier molecular flexibility index (Phi) is 4.86. The molecule has 0 fully saturated rings. The van der Waals surface area contributed by atoms with Crippen LogP contribution in [0.3, 0.4) is 0 Å². The molecule has 1 aromatic rings. The van der Waals surface area contributed by atoms with Crippen molar-refractivity contribution in [2.24, 2.45) is 0 Å². The smallest absolute Gasteiger partial charge is 0.316 e. The van der Waals surface area contributed by atoms with Crippen molar-refractivity contribution in [1.82, 2.24) is 9.78 Å². The SMILES string of the molecule is CCC(SCc1cc(C)nn1CC)C(=O)O. The summed E-state index contributed by atoms with van der Waals surface area (Å²) in [5, 5.41) is 13.0. The molecule has 0 aromatic carbocycles. The zero-order chi connectivity index (χ0) is 12.1. The molecule has 1 N–H and O–H groups in total. The molecular formula is C11H18N2O2S. The first-order chi connectivity index (χ1) is 7.58. The van der Waals surface area contributed by atoms with Crippen molar-refractivity contribution in [3.8, 4) is 0 Å². The van der Waals surface area contributed by atoms with Gasteiger partial charge in [-0.25, -0.2) is 0 Å². The van der Waals surface area contributed by atoms with Crippen molar-refractivity contribution in [1.29, 1.82) is 0 Å². The van der Waals surface area contributed by atoms with Gasteiger partial charge in [-0.05, 0) is 26.3 Å². The lowest BCUT2D eigenvalue weighted by atomic mass is 10.3. The van der Waals surface area contributed by atoms with E-state index in [1.54, 1.807) is 0 Å². The number of hydrogen-bond acceptors (Lipinski definition) is 3. The first-order valence-electron chi connectivity index (χ1n) is 5.46. The number of thioether (sulfide) groups is 1. The number of aromatic nitrogens is 2. The van der Waals surface area contributed by atoms with E-state index in [0.717, 1.165) is 17.9 Å². The van der Waals surface area contributed by atoms with Gasteiger partial charge in [0.15, 0.2) is 0 Å². The van der Waals surface area contributed by atoms with Gasteiger partial charge in [0, 0.05) is 18.0 Å². The van der Waals surface area contributed by atoms with Gasteiger partial charge in [-0.2, -0.15) is 5.10 Å².